The average molecular weight is 391 g/mol. The van der Waals surface area contributed by atoms with Crippen LogP contribution in [0.3, 0.4) is 0 Å². The Kier molecular flexibility index (Phi) is 5.62. The van der Waals surface area contributed by atoms with Crippen molar-refractivity contribution < 1.29 is 18.1 Å². The van der Waals surface area contributed by atoms with Gasteiger partial charge in [-0.25, -0.2) is 13.1 Å². The van der Waals surface area contributed by atoms with Crippen LogP contribution in [0.15, 0.2) is 53.4 Å². The fraction of sp³-hybridized carbons (Fsp3) is 0.333. The molecule has 0 spiro atoms. The number of nitrogens with one attached hydrogen (secondary N) is 1. The standard InChI is InChI=1S/C18H21N3O5S/c1-26-17-7-5-15(6-8-17)20-10-9-14(13-20)12-19-27(24,25)18-4-2-3-16(11-18)21(22)23/h2-8,11,14,19H,9-10,12-13H2,1H3. The van der Waals surface area contributed by atoms with Gasteiger partial charge >= 0.3 is 0 Å². The molecule has 0 bridgehead atoms. The number of ether oxygens (including phenoxy) is 1. The van der Waals surface area contributed by atoms with E-state index in [0.717, 1.165) is 37.0 Å². The predicted octanol–water partition coefficient (Wildman–Crippen LogP) is 2.41. The van der Waals surface area contributed by atoms with Crippen LogP contribution in [-0.2, 0) is 10.0 Å². The van der Waals surface area contributed by atoms with Gasteiger partial charge in [-0.15, -0.1) is 0 Å². The highest BCUT2D eigenvalue weighted by Gasteiger charge is 2.25. The molecule has 2 aromatic carbocycles. The molecule has 1 aliphatic heterocycles. The molecule has 9 heteroatoms. The van der Waals surface area contributed by atoms with Crippen LogP contribution in [-0.4, -0.2) is 40.1 Å². The molecular formula is C18H21N3O5S. The van der Waals surface area contributed by atoms with Crippen LogP contribution in [0, 0.1) is 16.0 Å². The van der Waals surface area contributed by atoms with Gasteiger partial charge in [-0.3, -0.25) is 10.1 Å². The molecule has 1 atom stereocenters. The molecule has 0 aliphatic carbocycles. The molecule has 1 saturated heterocycles. The number of nitro benzene ring substituents is 1. The van der Waals surface area contributed by atoms with Crippen molar-refractivity contribution in [3.8, 4) is 5.75 Å². The highest BCUT2D eigenvalue weighted by molar-refractivity contribution is 7.89. The Morgan fingerprint density at radius 2 is 2.00 bits per heavy atom. The van der Waals surface area contributed by atoms with Crippen molar-refractivity contribution in [2.45, 2.75) is 11.3 Å². The molecule has 0 aromatic heterocycles. The summed E-state index contributed by atoms with van der Waals surface area (Å²) in [6.45, 7) is 1.87. The molecule has 1 N–H and O–H groups in total. The van der Waals surface area contributed by atoms with E-state index < -0.39 is 14.9 Å². The van der Waals surface area contributed by atoms with Gasteiger partial charge in [-0.05, 0) is 42.7 Å². The van der Waals surface area contributed by atoms with Crippen molar-refractivity contribution in [1.29, 1.82) is 0 Å². The van der Waals surface area contributed by atoms with Crippen LogP contribution < -0.4 is 14.4 Å². The third-order valence-corrected chi connectivity index (χ3v) is 6.05. The van der Waals surface area contributed by atoms with E-state index in [1.807, 2.05) is 24.3 Å². The maximum Gasteiger partial charge on any atom is 0.270 e. The summed E-state index contributed by atoms with van der Waals surface area (Å²) in [7, 11) is -2.16. The summed E-state index contributed by atoms with van der Waals surface area (Å²) < 4.78 is 32.6. The first-order chi connectivity index (χ1) is 12.9. The first-order valence-electron chi connectivity index (χ1n) is 8.52. The average Bonchev–Trinajstić information content (AvgIpc) is 3.16. The first-order valence-corrected chi connectivity index (χ1v) is 10.0. The largest absolute Gasteiger partial charge is 0.497 e. The molecule has 27 heavy (non-hydrogen) atoms. The Morgan fingerprint density at radius 1 is 1.26 bits per heavy atom. The van der Waals surface area contributed by atoms with E-state index in [9.17, 15) is 18.5 Å². The quantitative estimate of drug-likeness (QED) is 0.574. The fourth-order valence-electron chi connectivity index (χ4n) is 3.10. The molecule has 2 aromatic rings. The second-order valence-electron chi connectivity index (χ2n) is 6.41. The number of rotatable bonds is 7. The Hall–Kier alpha value is -2.65. The van der Waals surface area contributed by atoms with Gasteiger partial charge in [0.15, 0.2) is 0 Å². The number of hydrogen-bond donors (Lipinski definition) is 1. The molecule has 3 rings (SSSR count). The molecule has 1 unspecified atom stereocenters. The molecule has 144 valence electrons. The summed E-state index contributed by atoms with van der Waals surface area (Å²) in [5, 5.41) is 10.8. The summed E-state index contributed by atoms with van der Waals surface area (Å²) in [6, 6.07) is 12.8. The Balaban J connectivity index is 1.60. The van der Waals surface area contributed by atoms with Gasteiger partial charge in [0.25, 0.3) is 5.69 Å². The predicted molar refractivity (Wildman–Crippen MR) is 102 cm³/mol. The maximum absolute atomic E-state index is 12.4. The molecule has 1 fully saturated rings. The number of nitrogens with zero attached hydrogens (tertiary/aromatic N) is 2. The van der Waals surface area contributed by atoms with Crippen LogP contribution in [0.5, 0.6) is 5.75 Å². The minimum absolute atomic E-state index is 0.0956. The van der Waals surface area contributed by atoms with Crippen molar-refractivity contribution in [2.75, 3.05) is 31.6 Å². The van der Waals surface area contributed by atoms with E-state index in [1.54, 1.807) is 7.11 Å². The van der Waals surface area contributed by atoms with Crippen LogP contribution >= 0.6 is 0 Å². The van der Waals surface area contributed by atoms with Crippen molar-refractivity contribution >= 4 is 21.4 Å². The van der Waals surface area contributed by atoms with Gasteiger partial charge in [-0.1, -0.05) is 6.07 Å². The van der Waals surface area contributed by atoms with Crippen molar-refractivity contribution in [2.24, 2.45) is 5.92 Å². The third kappa shape index (κ3) is 4.55. The summed E-state index contributed by atoms with van der Waals surface area (Å²) in [4.78, 5) is 12.3. The van der Waals surface area contributed by atoms with Crippen molar-refractivity contribution in [3.63, 3.8) is 0 Å². The summed E-state index contributed by atoms with van der Waals surface area (Å²) in [6.07, 6.45) is 0.865. The molecule has 0 saturated carbocycles. The molecule has 1 heterocycles. The number of methoxy groups -OCH3 is 1. The SMILES string of the molecule is COc1ccc(N2CCC(CNS(=O)(=O)c3cccc([N+](=O)[O-])c3)C2)cc1. The zero-order chi connectivity index (χ0) is 19.4. The highest BCUT2D eigenvalue weighted by Crippen LogP contribution is 2.26. The maximum atomic E-state index is 12.4. The molecule has 8 nitrogen and oxygen atoms in total. The van der Waals surface area contributed by atoms with Gasteiger partial charge in [0.1, 0.15) is 5.75 Å². The van der Waals surface area contributed by atoms with E-state index in [2.05, 4.69) is 9.62 Å². The van der Waals surface area contributed by atoms with Gasteiger partial charge in [-0.2, -0.15) is 0 Å². The molecule has 0 amide bonds. The first kappa shape index (κ1) is 19.1. The number of anilines is 1. The Labute approximate surface area is 158 Å². The summed E-state index contributed by atoms with van der Waals surface area (Å²) in [5.74, 6) is 0.958. The van der Waals surface area contributed by atoms with Crippen LogP contribution in [0.2, 0.25) is 0 Å². The van der Waals surface area contributed by atoms with Gasteiger partial charge in [0.05, 0.1) is 16.9 Å². The topological polar surface area (TPSA) is 102 Å². The number of hydrogen-bond acceptors (Lipinski definition) is 6. The lowest BCUT2D eigenvalue weighted by molar-refractivity contribution is -0.385. The van der Waals surface area contributed by atoms with Crippen LogP contribution in [0.1, 0.15) is 6.42 Å². The van der Waals surface area contributed by atoms with E-state index in [1.165, 1.54) is 18.2 Å². The van der Waals surface area contributed by atoms with Crippen molar-refractivity contribution in [3.05, 3.63) is 58.6 Å². The van der Waals surface area contributed by atoms with E-state index in [0.29, 0.717) is 0 Å². The van der Waals surface area contributed by atoms with Crippen molar-refractivity contribution in [1.82, 2.24) is 4.72 Å². The zero-order valence-electron chi connectivity index (χ0n) is 14.9. The summed E-state index contributed by atoms with van der Waals surface area (Å²) in [5.41, 5.74) is 0.823. The molecule has 1 aliphatic rings. The van der Waals surface area contributed by atoms with Crippen LogP contribution in [0.4, 0.5) is 11.4 Å². The van der Waals surface area contributed by atoms with E-state index >= 15 is 0 Å². The van der Waals surface area contributed by atoms with Crippen LogP contribution in [0.25, 0.3) is 0 Å². The van der Waals surface area contributed by atoms with E-state index in [4.69, 9.17) is 4.74 Å². The molecule has 0 radical (unpaired) electrons. The monoisotopic (exact) mass is 391 g/mol. The van der Waals surface area contributed by atoms with Gasteiger partial charge in [0, 0.05) is 37.5 Å². The molecular weight excluding hydrogens is 370 g/mol. The Morgan fingerprint density at radius 3 is 2.67 bits per heavy atom. The lowest BCUT2D eigenvalue weighted by atomic mass is 10.1. The minimum Gasteiger partial charge on any atom is -0.497 e. The minimum atomic E-state index is -3.78. The smallest absolute Gasteiger partial charge is 0.270 e. The third-order valence-electron chi connectivity index (χ3n) is 4.62. The van der Waals surface area contributed by atoms with Gasteiger partial charge < -0.3 is 9.64 Å². The number of benzene rings is 2. The normalized spacial score (nSPS) is 17.1. The number of nitro groups is 1. The lowest BCUT2D eigenvalue weighted by Gasteiger charge is -2.19. The second kappa shape index (κ2) is 7.93. The summed E-state index contributed by atoms with van der Waals surface area (Å²) >= 11 is 0. The zero-order valence-corrected chi connectivity index (χ0v) is 15.7. The highest BCUT2D eigenvalue weighted by atomic mass is 32.2. The van der Waals surface area contributed by atoms with Gasteiger partial charge in [0.2, 0.25) is 10.0 Å². The van der Waals surface area contributed by atoms with E-state index in [-0.39, 0.29) is 23.0 Å². The lowest BCUT2D eigenvalue weighted by Crippen LogP contribution is -2.31. The second-order valence-corrected chi connectivity index (χ2v) is 8.17. The number of sulfonamides is 1. The fourth-order valence-corrected chi connectivity index (χ4v) is 4.26. The Bertz CT molecular complexity index is 915. The number of non-ortho nitro benzene ring substituents is 1.